The Morgan fingerprint density at radius 3 is 2.68 bits per heavy atom. The largest absolute Gasteiger partial charge is 0.496 e. The number of nitrogens with zero attached hydrogens (tertiary/aromatic N) is 5. The van der Waals surface area contributed by atoms with E-state index in [4.69, 9.17) is 15.1 Å². The summed E-state index contributed by atoms with van der Waals surface area (Å²) in [6.45, 7) is 0. The number of ether oxygens (including phenoxy) is 1. The van der Waals surface area contributed by atoms with Crippen LogP contribution in [0.3, 0.4) is 0 Å². The number of methoxy groups -OCH3 is 1. The van der Waals surface area contributed by atoms with Crippen molar-refractivity contribution >= 4 is 17.5 Å². The van der Waals surface area contributed by atoms with Gasteiger partial charge in [0.05, 0.1) is 30.0 Å². The van der Waals surface area contributed by atoms with E-state index in [9.17, 15) is 0 Å². The van der Waals surface area contributed by atoms with Crippen molar-refractivity contribution in [2.75, 3.05) is 12.9 Å². The van der Waals surface area contributed by atoms with E-state index in [-0.39, 0.29) is 0 Å². The van der Waals surface area contributed by atoms with E-state index in [1.807, 2.05) is 36.4 Å². The van der Waals surface area contributed by atoms with Gasteiger partial charge in [-0.05, 0) is 29.8 Å². The third kappa shape index (κ3) is 2.77. The van der Waals surface area contributed by atoms with E-state index >= 15 is 0 Å². The van der Waals surface area contributed by atoms with Gasteiger partial charge in [0, 0.05) is 5.75 Å². The molecule has 0 amide bonds. The minimum atomic E-state index is 0.632. The average Bonchev–Trinajstić information content (AvgIpc) is 3.11. The molecule has 4 rings (SSSR count). The number of rotatable bonds is 3. The molecule has 3 aromatic rings. The Labute approximate surface area is 148 Å². The van der Waals surface area contributed by atoms with Crippen LogP contribution in [0.15, 0.2) is 58.8 Å². The molecule has 6 nitrogen and oxygen atoms in total. The molecule has 0 radical (unpaired) electrons. The summed E-state index contributed by atoms with van der Waals surface area (Å²) < 4.78 is 7.18. The van der Waals surface area contributed by atoms with Gasteiger partial charge in [0.25, 0.3) is 0 Å². The van der Waals surface area contributed by atoms with Gasteiger partial charge in [-0.15, -0.1) is 10.2 Å². The first-order chi connectivity index (χ1) is 12.3. The molecule has 0 unspecified atom stereocenters. The third-order valence-corrected chi connectivity index (χ3v) is 4.80. The highest BCUT2D eigenvalue weighted by atomic mass is 32.2. The second-order valence-electron chi connectivity index (χ2n) is 5.34. The van der Waals surface area contributed by atoms with Crippen molar-refractivity contribution in [1.29, 1.82) is 5.26 Å². The maximum atomic E-state index is 8.94. The monoisotopic (exact) mass is 347 g/mol. The molecule has 0 bridgehead atoms. The minimum absolute atomic E-state index is 0.632. The Kier molecular flexibility index (Phi) is 3.96. The second kappa shape index (κ2) is 6.42. The summed E-state index contributed by atoms with van der Waals surface area (Å²) in [7, 11) is 1.63. The number of aromatic nitrogens is 3. The highest BCUT2D eigenvalue weighted by Crippen LogP contribution is 2.32. The molecule has 0 aliphatic carbocycles. The average molecular weight is 347 g/mol. The molecule has 122 valence electrons. The van der Waals surface area contributed by atoms with Crippen molar-refractivity contribution in [3.05, 3.63) is 59.7 Å². The summed E-state index contributed by atoms with van der Waals surface area (Å²) in [5.74, 6) is 2.07. The fourth-order valence-corrected chi connectivity index (χ4v) is 3.44. The summed E-state index contributed by atoms with van der Waals surface area (Å²) in [5, 5.41) is 22.9. The fourth-order valence-electron chi connectivity index (χ4n) is 2.60. The Hall–Kier alpha value is -3.11. The third-order valence-electron chi connectivity index (χ3n) is 3.87. The summed E-state index contributed by atoms with van der Waals surface area (Å²) in [6.07, 6.45) is 0. The molecule has 1 aromatic heterocycles. The number of hydrogen-bond donors (Lipinski definition) is 0. The van der Waals surface area contributed by atoms with Crippen LogP contribution < -0.4 is 4.74 Å². The second-order valence-corrected chi connectivity index (χ2v) is 6.29. The van der Waals surface area contributed by atoms with Gasteiger partial charge in [0.1, 0.15) is 5.75 Å². The van der Waals surface area contributed by atoms with E-state index < -0.39 is 0 Å². The van der Waals surface area contributed by atoms with Crippen molar-refractivity contribution in [2.45, 2.75) is 5.16 Å². The summed E-state index contributed by atoms with van der Waals surface area (Å²) >= 11 is 1.58. The van der Waals surface area contributed by atoms with Gasteiger partial charge in [-0.25, -0.2) is 0 Å². The van der Waals surface area contributed by atoms with E-state index in [1.54, 1.807) is 35.7 Å². The molecule has 0 fully saturated rings. The number of hydrogen-bond acceptors (Lipinski definition) is 6. The molecule has 1 aliphatic heterocycles. The lowest BCUT2D eigenvalue weighted by Crippen LogP contribution is -2.13. The standard InChI is InChI=1S/C18H13N5OS/c1-24-16-5-3-2-4-14(16)17-20-21-18-23(17)22-15(11-25-18)13-8-6-12(10-19)7-9-13/h2-9H,11H2,1H3. The lowest BCUT2D eigenvalue weighted by molar-refractivity contribution is 0.416. The highest BCUT2D eigenvalue weighted by molar-refractivity contribution is 7.99. The molecule has 0 saturated carbocycles. The van der Waals surface area contributed by atoms with E-state index in [2.05, 4.69) is 16.3 Å². The zero-order valence-electron chi connectivity index (χ0n) is 13.4. The van der Waals surface area contributed by atoms with Crippen LogP contribution >= 0.6 is 11.8 Å². The zero-order valence-corrected chi connectivity index (χ0v) is 14.2. The van der Waals surface area contributed by atoms with Crippen molar-refractivity contribution in [1.82, 2.24) is 14.9 Å². The van der Waals surface area contributed by atoms with Crippen molar-refractivity contribution in [2.24, 2.45) is 5.10 Å². The molecular weight excluding hydrogens is 334 g/mol. The van der Waals surface area contributed by atoms with Crippen molar-refractivity contribution in [3.8, 4) is 23.2 Å². The van der Waals surface area contributed by atoms with Crippen molar-refractivity contribution < 1.29 is 4.74 Å². The maximum absolute atomic E-state index is 8.94. The first kappa shape index (κ1) is 15.4. The Balaban J connectivity index is 1.79. The molecular formula is C18H13N5OS. The number of fused-ring (bicyclic) bond motifs is 1. The van der Waals surface area contributed by atoms with Crippen LogP contribution in [0.25, 0.3) is 11.4 Å². The molecule has 0 N–H and O–H groups in total. The molecule has 25 heavy (non-hydrogen) atoms. The van der Waals surface area contributed by atoms with Gasteiger partial charge in [-0.2, -0.15) is 15.0 Å². The first-order valence-corrected chi connectivity index (χ1v) is 8.58. The van der Waals surface area contributed by atoms with Gasteiger partial charge in [0.2, 0.25) is 5.16 Å². The van der Waals surface area contributed by atoms with Crippen LogP contribution in [0.5, 0.6) is 5.75 Å². The number of para-hydroxylation sites is 1. The Bertz CT molecular complexity index is 1000. The maximum Gasteiger partial charge on any atom is 0.212 e. The SMILES string of the molecule is COc1ccccc1-c1nnc2n1N=C(c1ccc(C#N)cc1)CS2. The van der Waals surface area contributed by atoms with Crippen LogP contribution in [0.2, 0.25) is 0 Å². The minimum Gasteiger partial charge on any atom is -0.496 e. The zero-order chi connectivity index (χ0) is 17.2. The molecule has 0 spiro atoms. The molecule has 0 atom stereocenters. The number of thioether (sulfide) groups is 1. The van der Waals surface area contributed by atoms with Crippen LogP contribution in [0.4, 0.5) is 0 Å². The predicted molar refractivity (Wildman–Crippen MR) is 95.8 cm³/mol. The van der Waals surface area contributed by atoms with E-state index in [0.717, 1.165) is 27.7 Å². The highest BCUT2D eigenvalue weighted by Gasteiger charge is 2.22. The van der Waals surface area contributed by atoms with Gasteiger partial charge >= 0.3 is 0 Å². The quantitative estimate of drug-likeness (QED) is 0.727. The number of benzene rings is 2. The van der Waals surface area contributed by atoms with Crippen LogP contribution in [0, 0.1) is 11.3 Å². The lowest BCUT2D eigenvalue weighted by Gasteiger charge is -2.14. The van der Waals surface area contributed by atoms with Gasteiger partial charge in [-0.3, -0.25) is 0 Å². The topological polar surface area (TPSA) is 76.1 Å². The van der Waals surface area contributed by atoms with Crippen LogP contribution in [-0.2, 0) is 0 Å². The van der Waals surface area contributed by atoms with E-state index in [1.165, 1.54) is 0 Å². The molecule has 2 heterocycles. The number of nitriles is 1. The van der Waals surface area contributed by atoms with Crippen LogP contribution in [-0.4, -0.2) is 33.4 Å². The first-order valence-electron chi connectivity index (χ1n) is 7.60. The normalized spacial score (nSPS) is 12.9. The van der Waals surface area contributed by atoms with Crippen LogP contribution in [0.1, 0.15) is 11.1 Å². The van der Waals surface area contributed by atoms with Crippen molar-refractivity contribution in [3.63, 3.8) is 0 Å². The van der Waals surface area contributed by atoms with E-state index in [0.29, 0.717) is 17.1 Å². The lowest BCUT2D eigenvalue weighted by atomic mass is 10.1. The van der Waals surface area contributed by atoms with Gasteiger partial charge < -0.3 is 4.74 Å². The molecule has 1 aliphatic rings. The summed E-state index contributed by atoms with van der Waals surface area (Å²) in [4.78, 5) is 0. The summed E-state index contributed by atoms with van der Waals surface area (Å²) in [5.41, 5.74) is 3.37. The predicted octanol–water partition coefficient (Wildman–Crippen LogP) is 3.18. The fraction of sp³-hybridized carbons (Fsp3) is 0.111. The Morgan fingerprint density at radius 2 is 1.92 bits per heavy atom. The molecule has 0 saturated heterocycles. The Morgan fingerprint density at radius 1 is 1.12 bits per heavy atom. The van der Waals surface area contributed by atoms with Gasteiger partial charge in [-0.1, -0.05) is 36.0 Å². The molecule has 7 heteroatoms. The van der Waals surface area contributed by atoms with Gasteiger partial charge in [0.15, 0.2) is 5.82 Å². The summed E-state index contributed by atoms with van der Waals surface area (Å²) in [6, 6.07) is 17.2. The smallest absolute Gasteiger partial charge is 0.212 e. The molecule has 2 aromatic carbocycles.